The van der Waals surface area contributed by atoms with Crippen LogP contribution in [0.2, 0.25) is 0 Å². The van der Waals surface area contributed by atoms with Crippen molar-refractivity contribution in [2.24, 2.45) is 0 Å². The van der Waals surface area contributed by atoms with E-state index >= 15 is 0 Å². The molecular formula is C21H16F3N3O2. The number of carbonyl (C=O) groups excluding carboxylic acids is 2. The summed E-state index contributed by atoms with van der Waals surface area (Å²) in [6.45, 7) is 1.52. The molecule has 8 heteroatoms. The number of nitrogens with zero attached hydrogens (tertiary/aromatic N) is 2. The Morgan fingerprint density at radius 2 is 1.79 bits per heavy atom. The quantitative estimate of drug-likeness (QED) is 0.807. The van der Waals surface area contributed by atoms with Gasteiger partial charge in [0.25, 0.3) is 11.8 Å². The van der Waals surface area contributed by atoms with Crippen molar-refractivity contribution < 1.29 is 22.8 Å². The number of hydrogen-bond acceptors (Lipinski definition) is 3. The van der Waals surface area contributed by atoms with Crippen LogP contribution in [0.25, 0.3) is 6.08 Å². The molecule has 1 saturated heterocycles. The van der Waals surface area contributed by atoms with Crippen molar-refractivity contribution in [2.75, 3.05) is 7.05 Å². The number of rotatable bonds is 3. The summed E-state index contributed by atoms with van der Waals surface area (Å²) in [4.78, 5) is 26.6. The summed E-state index contributed by atoms with van der Waals surface area (Å²) in [6.07, 6.45) is 1.08. The Balaban J connectivity index is 1.97. The molecule has 0 aliphatic carbocycles. The van der Waals surface area contributed by atoms with E-state index in [2.05, 4.69) is 5.32 Å². The molecule has 0 spiro atoms. The third kappa shape index (κ3) is 3.72. The number of piperazine rings is 1. The lowest BCUT2D eigenvalue weighted by Gasteiger charge is -2.39. The SMILES string of the molecule is CN1C(=O)C(C)(Cc2ccc(F)cc2)NC(=O)/C1=C\c1c(C#N)ccc(F)c1F. The summed E-state index contributed by atoms with van der Waals surface area (Å²) in [5.41, 5.74) is -1.51. The highest BCUT2D eigenvalue weighted by atomic mass is 19.2. The highest BCUT2D eigenvalue weighted by Gasteiger charge is 2.44. The Labute approximate surface area is 165 Å². The summed E-state index contributed by atoms with van der Waals surface area (Å²) in [6, 6.07) is 9.14. The second kappa shape index (κ2) is 7.43. The molecule has 3 rings (SSSR count). The predicted molar refractivity (Wildman–Crippen MR) is 98.5 cm³/mol. The molecule has 1 aliphatic heterocycles. The average Bonchev–Trinajstić information content (AvgIpc) is 2.68. The molecule has 0 aromatic heterocycles. The van der Waals surface area contributed by atoms with Crippen molar-refractivity contribution in [3.8, 4) is 6.07 Å². The van der Waals surface area contributed by atoms with Crippen LogP contribution in [0.5, 0.6) is 0 Å². The summed E-state index contributed by atoms with van der Waals surface area (Å²) in [7, 11) is 1.33. The first-order valence-corrected chi connectivity index (χ1v) is 8.61. The van der Waals surface area contributed by atoms with Crippen LogP contribution in [0.15, 0.2) is 42.1 Å². The highest BCUT2D eigenvalue weighted by molar-refractivity contribution is 6.09. The van der Waals surface area contributed by atoms with Crippen LogP contribution in [-0.4, -0.2) is 29.3 Å². The lowest BCUT2D eigenvalue weighted by Crippen LogP contribution is -2.64. The van der Waals surface area contributed by atoms with Gasteiger partial charge in [-0.3, -0.25) is 9.59 Å². The van der Waals surface area contributed by atoms with Crippen molar-refractivity contribution in [3.63, 3.8) is 0 Å². The molecular weight excluding hydrogens is 383 g/mol. The van der Waals surface area contributed by atoms with Gasteiger partial charge in [0.1, 0.15) is 17.1 Å². The van der Waals surface area contributed by atoms with Crippen LogP contribution in [0.3, 0.4) is 0 Å². The molecule has 1 N–H and O–H groups in total. The molecule has 0 saturated carbocycles. The third-order valence-electron chi connectivity index (χ3n) is 4.77. The average molecular weight is 399 g/mol. The van der Waals surface area contributed by atoms with Crippen LogP contribution in [0, 0.1) is 28.8 Å². The molecule has 1 aliphatic rings. The number of benzene rings is 2. The first-order chi connectivity index (χ1) is 13.7. The maximum atomic E-state index is 14.2. The van der Waals surface area contributed by atoms with Crippen molar-refractivity contribution in [3.05, 3.63) is 76.2 Å². The summed E-state index contributed by atoms with van der Waals surface area (Å²) in [5, 5.41) is 11.7. The predicted octanol–water partition coefficient (Wildman–Crippen LogP) is 2.91. The third-order valence-corrected chi connectivity index (χ3v) is 4.77. The smallest absolute Gasteiger partial charge is 0.268 e. The van der Waals surface area contributed by atoms with Crippen LogP contribution in [-0.2, 0) is 16.0 Å². The fourth-order valence-electron chi connectivity index (χ4n) is 3.23. The van der Waals surface area contributed by atoms with E-state index in [-0.39, 0.29) is 17.7 Å². The van der Waals surface area contributed by atoms with Crippen LogP contribution >= 0.6 is 0 Å². The van der Waals surface area contributed by atoms with Gasteiger partial charge in [-0.1, -0.05) is 12.1 Å². The zero-order valence-electron chi connectivity index (χ0n) is 15.6. The molecule has 2 amide bonds. The second-order valence-electron chi connectivity index (χ2n) is 6.92. The molecule has 1 heterocycles. The summed E-state index contributed by atoms with van der Waals surface area (Å²) >= 11 is 0. The van der Waals surface area contributed by atoms with E-state index in [1.54, 1.807) is 6.07 Å². The molecule has 1 fully saturated rings. The zero-order valence-corrected chi connectivity index (χ0v) is 15.6. The van der Waals surface area contributed by atoms with Crippen molar-refractivity contribution in [1.29, 1.82) is 5.26 Å². The fourth-order valence-corrected chi connectivity index (χ4v) is 3.23. The van der Waals surface area contributed by atoms with E-state index in [9.17, 15) is 22.8 Å². The van der Waals surface area contributed by atoms with Gasteiger partial charge in [0.2, 0.25) is 0 Å². The summed E-state index contributed by atoms with van der Waals surface area (Å²) < 4.78 is 40.9. The summed E-state index contributed by atoms with van der Waals surface area (Å²) in [5.74, 6) is -4.08. The maximum Gasteiger partial charge on any atom is 0.268 e. The van der Waals surface area contributed by atoms with E-state index in [1.807, 2.05) is 0 Å². The van der Waals surface area contributed by atoms with E-state index < -0.39 is 40.4 Å². The Kier molecular flexibility index (Phi) is 5.16. The molecule has 29 heavy (non-hydrogen) atoms. The number of halogens is 3. The van der Waals surface area contributed by atoms with Gasteiger partial charge in [-0.15, -0.1) is 0 Å². The zero-order chi connectivity index (χ0) is 21.3. The Morgan fingerprint density at radius 3 is 2.41 bits per heavy atom. The standard InChI is InChI=1S/C21H16F3N3O2/c1-21(10-12-3-6-14(22)7-4-12)20(29)27(2)17(19(28)26-21)9-15-13(11-25)5-8-16(23)18(15)24/h3-9H,10H2,1-2H3,(H,26,28)/b17-9+. The molecule has 1 atom stereocenters. The van der Waals surface area contributed by atoms with Gasteiger partial charge in [-0.25, -0.2) is 13.2 Å². The van der Waals surface area contributed by atoms with Gasteiger partial charge in [0.15, 0.2) is 11.6 Å². The first-order valence-electron chi connectivity index (χ1n) is 8.61. The van der Waals surface area contributed by atoms with Crippen molar-refractivity contribution in [1.82, 2.24) is 10.2 Å². The van der Waals surface area contributed by atoms with Gasteiger partial charge >= 0.3 is 0 Å². The van der Waals surface area contributed by atoms with E-state index in [0.717, 1.165) is 23.1 Å². The largest absolute Gasteiger partial charge is 0.336 e. The van der Waals surface area contributed by atoms with Crippen molar-refractivity contribution in [2.45, 2.75) is 18.9 Å². The minimum absolute atomic E-state index is 0.104. The van der Waals surface area contributed by atoms with Gasteiger partial charge < -0.3 is 10.2 Å². The number of nitriles is 1. The Bertz CT molecular complexity index is 1070. The lowest BCUT2D eigenvalue weighted by atomic mass is 9.88. The molecule has 148 valence electrons. The minimum atomic E-state index is -1.32. The number of likely N-dealkylation sites (N-methyl/N-ethyl adjacent to an activating group) is 1. The Morgan fingerprint density at radius 1 is 1.14 bits per heavy atom. The van der Waals surface area contributed by atoms with Gasteiger partial charge in [0.05, 0.1) is 11.6 Å². The number of carbonyl (C=O) groups is 2. The van der Waals surface area contributed by atoms with Gasteiger partial charge in [-0.2, -0.15) is 5.26 Å². The van der Waals surface area contributed by atoms with E-state index in [0.29, 0.717) is 5.56 Å². The normalized spacial score (nSPS) is 20.6. The van der Waals surface area contributed by atoms with E-state index in [1.165, 1.54) is 38.2 Å². The van der Waals surface area contributed by atoms with Crippen LogP contribution < -0.4 is 5.32 Å². The molecule has 0 bridgehead atoms. The monoisotopic (exact) mass is 399 g/mol. The van der Waals surface area contributed by atoms with Crippen molar-refractivity contribution >= 4 is 17.9 Å². The van der Waals surface area contributed by atoms with Gasteiger partial charge in [0, 0.05) is 19.0 Å². The lowest BCUT2D eigenvalue weighted by molar-refractivity contribution is -0.143. The van der Waals surface area contributed by atoms with E-state index in [4.69, 9.17) is 5.26 Å². The topological polar surface area (TPSA) is 73.2 Å². The molecule has 5 nitrogen and oxygen atoms in total. The molecule has 0 radical (unpaired) electrons. The molecule has 1 unspecified atom stereocenters. The maximum absolute atomic E-state index is 14.2. The van der Waals surface area contributed by atoms with Gasteiger partial charge in [-0.05, 0) is 42.8 Å². The molecule has 2 aromatic rings. The molecule has 2 aromatic carbocycles. The number of amides is 2. The second-order valence-corrected chi connectivity index (χ2v) is 6.92. The van der Waals surface area contributed by atoms with Crippen LogP contribution in [0.1, 0.15) is 23.6 Å². The Hall–Kier alpha value is -3.60. The highest BCUT2D eigenvalue weighted by Crippen LogP contribution is 2.27. The minimum Gasteiger partial charge on any atom is -0.336 e. The first kappa shape index (κ1) is 20.1. The number of hydrogen-bond donors (Lipinski definition) is 1. The number of nitrogens with one attached hydrogen (secondary N) is 1. The fraction of sp³-hybridized carbons (Fsp3) is 0.190. The van der Waals surface area contributed by atoms with Crippen LogP contribution in [0.4, 0.5) is 13.2 Å².